The molecule has 0 aliphatic carbocycles. The molecule has 0 aromatic heterocycles. The summed E-state index contributed by atoms with van der Waals surface area (Å²) in [4.78, 5) is 14.6. The summed E-state index contributed by atoms with van der Waals surface area (Å²) in [6.07, 6.45) is 1.48. The first kappa shape index (κ1) is 21.3. The van der Waals surface area contributed by atoms with E-state index >= 15 is 0 Å². The Morgan fingerprint density at radius 1 is 0.871 bits per heavy atom. The van der Waals surface area contributed by atoms with E-state index < -0.39 is 11.1 Å². The van der Waals surface area contributed by atoms with Crippen LogP contribution < -0.4 is 5.32 Å². The van der Waals surface area contributed by atoms with Crippen LogP contribution in [-0.2, 0) is 22.4 Å². The highest BCUT2D eigenvalue weighted by molar-refractivity contribution is 5.74. The number of hydrogen-bond acceptors (Lipinski definition) is 3. The number of amides is 1. The second-order valence-corrected chi connectivity index (χ2v) is 8.53. The molecule has 3 aromatic carbocycles. The van der Waals surface area contributed by atoms with E-state index in [9.17, 15) is 9.90 Å². The Labute approximate surface area is 184 Å². The third-order valence-corrected chi connectivity index (χ3v) is 6.56. The molecule has 1 heterocycles. The van der Waals surface area contributed by atoms with Crippen LogP contribution in [0.5, 0.6) is 0 Å². The lowest BCUT2D eigenvalue weighted by atomic mass is 9.71. The van der Waals surface area contributed by atoms with E-state index in [1.54, 1.807) is 6.92 Å². The van der Waals surface area contributed by atoms with Gasteiger partial charge in [-0.2, -0.15) is 0 Å². The van der Waals surface area contributed by atoms with Crippen molar-refractivity contribution >= 4 is 5.91 Å². The summed E-state index contributed by atoms with van der Waals surface area (Å²) >= 11 is 0. The summed E-state index contributed by atoms with van der Waals surface area (Å²) in [6.45, 7) is 2.90. The summed E-state index contributed by atoms with van der Waals surface area (Å²) in [7, 11) is 0. The lowest BCUT2D eigenvalue weighted by Gasteiger charge is -2.54. The maximum atomic E-state index is 12.3. The normalized spacial score (nSPS) is 23.9. The summed E-state index contributed by atoms with van der Waals surface area (Å²) in [5.74, 6) is -0.0419. The summed E-state index contributed by atoms with van der Waals surface area (Å²) in [5.41, 5.74) is 2.38. The van der Waals surface area contributed by atoms with Gasteiger partial charge in [-0.3, -0.25) is 9.69 Å². The fourth-order valence-corrected chi connectivity index (χ4v) is 5.00. The average molecular weight is 415 g/mol. The van der Waals surface area contributed by atoms with Gasteiger partial charge in [-0.15, -0.1) is 0 Å². The van der Waals surface area contributed by atoms with Crippen molar-refractivity contribution in [2.45, 2.75) is 37.4 Å². The van der Waals surface area contributed by atoms with E-state index in [0.29, 0.717) is 13.1 Å². The molecule has 0 spiro atoms. The number of aliphatic hydroxyl groups excluding tert-OH is 1. The smallest absolute Gasteiger partial charge is 0.217 e. The van der Waals surface area contributed by atoms with Crippen molar-refractivity contribution in [2.75, 3.05) is 13.2 Å². The Balaban J connectivity index is 1.80. The predicted molar refractivity (Wildman–Crippen MR) is 123 cm³/mol. The maximum absolute atomic E-state index is 12.3. The fraction of sp³-hybridized carbons (Fsp3) is 0.296. The van der Waals surface area contributed by atoms with E-state index in [0.717, 1.165) is 24.0 Å². The first-order valence-corrected chi connectivity index (χ1v) is 10.9. The standard InChI is InChI=1S/C27H30N2O2/c1-22(31)28-26(24-13-7-3-8-14-24)17-18-27(21-30,25-15-9-4-10-16-25)29(20-26)19-23-11-5-2-6-12-23/h2-16,30H,17-21H2,1H3,(H,28,31)/t26-,27-/m1/s1. The van der Waals surface area contributed by atoms with Crippen LogP contribution in [0, 0.1) is 0 Å². The molecule has 1 aliphatic rings. The van der Waals surface area contributed by atoms with Gasteiger partial charge in [-0.05, 0) is 29.5 Å². The van der Waals surface area contributed by atoms with Crippen LogP contribution in [0.4, 0.5) is 0 Å². The van der Waals surface area contributed by atoms with Crippen LogP contribution in [0.3, 0.4) is 0 Å². The molecule has 160 valence electrons. The van der Waals surface area contributed by atoms with Crippen molar-refractivity contribution in [3.8, 4) is 0 Å². The Hall–Kier alpha value is -2.95. The van der Waals surface area contributed by atoms with Crippen LogP contribution >= 0.6 is 0 Å². The lowest BCUT2D eigenvalue weighted by molar-refractivity contribution is -0.124. The van der Waals surface area contributed by atoms with Crippen molar-refractivity contribution in [2.24, 2.45) is 0 Å². The Morgan fingerprint density at radius 3 is 1.97 bits per heavy atom. The van der Waals surface area contributed by atoms with E-state index in [1.807, 2.05) is 54.6 Å². The molecule has 1 fully saturated rings. The molecule has 2 N–H and O–H groups in total. The van der Waals surface area contributed by atoms with Gasteiger partial charge >= 0.3 is 0 Å². The Morgan fingerprint density at radius 2 is 1.42 bits per heavy atom. The molecule has 1 amide bonds. The number of aliphatic hydroxyl groups is 1. The van der Waals surface area contributed by atoms with Gasteiger partial charge in [0.15, 0.2) is 0 Å². The minimum atomic E-state index is -0.506. The number of piperidine rings is 1. The number of carbonyl (C=O) groups is 1. The molecule has 4 rings (SSSR count). The third-order valence-electron chi connectivity index (χ3n) is 6.56. The SMILES string of the molecule is CC(=O)N[C@]1(c2ccccc2)CC[C@@](CO)(c2ccccc2)N(Cc2ccccc2)C1. The topological polar surface area (TPSA) is 52.6 Å². The number of nitrogens with one attached hydrogen (secondary N) is 1. The highest BCUT2D eigenvalue weighted by Gasteiger charge is 2.49. The average Bonchev–Trinajstić information content (AvgIpc) is 2.81. The molecule has 4 nitrogen and oxygen atoms in total. The van der Waals surface area contributed by atoms with Gasteiger partial charge in [0.2, 0.25) is 5.91 Å². The number of likely N-dealkylation sites (tertiary alicyclic amines) is 1. The molecule has 1 saturated heterocycles. The van der Waals surface area contributed by atoms with E-state index in [-0.39, 0.29) is 12.5 Å². The summed E-state index contributed by atoms with van der Waals surface area (Å²) < 4.78 is 0. The van der Waals surface area contributed by atoms with Gasteiger partial charge in [-0.25, -0.2) is 0 Å². The molecule has 0 bridgehead atoms. The Kier molecular flexibility index (Phi) is 6.21. The number of benzene rings is 3. The largest absolute Gasteiger partial charge is 0.394 e. The molecule has 0 radical (unpaired) electrons. The molecular weight excluding hydrogens is 384 g/mol. The van der Waals surface area contributed by atoms with Gasteiger partial charge in [0.25, 0.3) is 0 Å². The van der Waals surface area contributed by atoms with Gasteiger partial charge in [-0.1, -0.05) is 91.0 Å². The van der Waals surface area contributed by atoms with Crippen LogP contribution in [0.2, 0.25) is 0 Å². The summed E-state index contributed by atoms with van der Waals surface area (Å²) in [6, 6.07) is 30.8. The number of nitrogens with zero attached hydrogens (tertiary/aromatic N) is 1. The quantitative estimate of drug-likeness (QED) is 0.636. The number of hydrogen-bond donors (Lipinski definition) is 2. The van der Waals surface area contributed by atoms with Gasteiger partial charge in [0.1, 0.15) is 0 Å². The van der Waals surface area contributed by atoms with Crippen molar-refractivity contribution < 1.29 is 9.90 Å². The Bertz CT molecular complexity index is 994. The zero-order valence-corrected chi connectivity index (χ0v) is 18.0. The predicted octanol–water partition coefficient (Wildman–Crippen LogP) is 4.20. The van der Waals surface area contributed by atoms with Crippen LogP contribution in [0.15, 0.2) is 91.0 Å². The first-order valence-electron chi connectivity index (χ1n) is 10.9. The van der Waals surface area contributed by atoms with E-state index in [1.165, 1.54) is 5.56 Å². The molecular formula is C27H30N2O2. The maximum Gasteiger partial charge on any atom is 0.217 e. The molecule has 3 aromatic rings. The van der Waals surface area contributed by atoms with Crippen LogP contribution in [-0.4, -0.2) is 29.1 Å². The van der Waals surface area contributed by atoms with Crippen LogP contribution in [0.1, 0.15) is 36.5 Å². The van der Waals surface area contributed by atoms with Gasteiger partial charge in [0.05, 0.1) is 17.7 Å². The number of carbonyl (C=O) groups excluding carboxylic acids is 1. The molecule has 31 heavy (non-hydrogen) atoms. The van der Waals surface area contributed by atoms with Crippen molar-refractivity contribution in [3.63, 3.8) is 0 Å². The number of rotatable bonds is 6. The third kappa shape index (κ3) is 4.27. The van der Waals surface area contributed by atoms with Gasteiger partial charge < -0.3 is 10.4 Å². The highest BCUT2D eigenvalue weighted by Crippen LogP contribution is 2.45. The molecule has 2 atom stereocenters. The second kappa shape index (κ2) is 9.04. The second-order valence-electron chi connectivity index (χ2n) is 8.53. The zero-order chi connectivity index (χ0) is 21.7. The summed E-state index contributed by atoms with van der Waals surface area (Å²) in [5, 5.41) is 14.0. The van der Waals surface area contributed by atoms with Crippen molar-refractivity contribution in [1.82, 2.24) is 10.2 Å². The van der Waals surface area contributed by atoms with Crippen molar-refractivity contribution in [1.29, 1.82) is 0 Å². The molecule has 0 saturated carbocycles. The zero-order valence-electron chi connectivity index (χ0n) is 18.0. The van der Waals surface area contributed by atoms with Crippen LogP contribution in [0.25, 0.3) is 0 Å². The van der Waals surface area contributed by atoms with E-state index in [4.69, 9.17) is 0 Å². The first-order chi connectivity index (χ1) is 15.1. The highest BCUT2D eigenvalue weighted by atomic mass is 16.3. The molecule has 0 unspecified atom stereocenters. The molecule has 4 heteroatoms. The van der Waals surface area contributed by atoms with E-state index in [2.05, 4.69) is 46.6 Å². The molecule has 1 aliphatic heterocycles. The minimum Gasteiger partial charge on any atom is -0.394 e. The van der Waals surface area contributed by atoms with Gasteiger partial charge in [0, 0.05) is 20.0 Å². The fourth-order valence-electron chi connectivity index (χ4n) is 5.00. The lowest BCUT2D eigenvalue weighted by Crippen LogP contribution is -2.63. The van der Waals surface area contributed by atoms with Crippen molar-refractivity contribution in [3.05, 3.63) is 108 Å². The minimum absolute atomic E-state index is 0.0226. The monoisotopic (exact) mass is 414 g/mol.